The van der Waals surface area contributed by atoms with E-state index < -0.39 is 0 Å². The highest BCUT2D eigenvalue weighted by Gasteiger charge is 2.14. The third-order valence-electron chi connectivity index (χ3n) is 2.36. The van der Waals surface area contributed by atoms with E-state index >= 15 is 0 Å². The number of hydrogen-bond donors (Lipinski definition) is 3. The summed E-state index contributed by atoms with van der Waals surface area (Å²) in [6.07, 6.45) is 1.42. The molecule has 70 valence electrons. The van der Waals surface area contributed by atoms with Gasteiger partial charge in [0.05, 0.1) is 6.17 Å². The van der Waals surface area contributed by atoms with Gasteiger partial charge in [0.1, 0.15) is 0 Å². The highest BCUT2D eigenvalue weighted by Crippen LogP contribution is 2.18. The number of benzene rings is 1. The van der Waals surface area contributed by atoms with Gasteiger partial charge in [-0.15, -0.1) is 0 Å². The number of anilines is 1. The molecule has 1 fully saturated rings. The van der Waals surface area contributed by atoms with Gasteiger partial charge < -0.3 is 5.73 Å². The number of para-hydroxylation sites is 1. The van der Waals surface area contributed by atoms with Crippen molar-refractivity contribution < 1.29 is 0 Å². The summed E-state index contributed by atoms with van der Waals surface area (Å²) in [5.74, 6) is 0. The maximum absolute atomic E-state index is 5.87. The molecule has 4 N–H and O–H groups in total. The van der Waals surface area contributed by atoms with E-state index in [-0.39, 0.29) is 6.17 Å². The van der Waals surface area contributed by atoms with Crippen molar-refractivity contribution in [2.24, 2.45) is 0 Å². The zero-order valence-corrected chi connectivity index (χ0v) is 7.59. The minimum atomic E-state index is 0.231. The van der Waals surface area contributed by atoms with Crippen molar-refractivity contribution in [3.63, 3.8) is 0 Å². The highest BCUT2D eigenvalue weighted by molar-refractivity contribution is 5.48. The molecule has 0 saturated carbocycles. The first-order valence-electron chi connectivity index (χ1n) is 4.69. The zero-order valence-electron chi connectivity index (χ0n) is 7.59. The molecule has 2 rings (SSSR count). The molecule has 13 heavy (non-hydrogen) atoms. The summed E-state index contributed by atoms with van der Waals surface area (Å²) >= 11 is 0. The first-order chi connectivity index (χ1) is 6.38. The van der Waals surface area contributed by atoms with Crippen molar-refractivity contribution in [3.05, 3.63) is 29.8 Å². The van der Waals surface area contributed by atoms with Gasteiger partial charge in [-0.3, -0.25) is 10.6 Å². The van der Waals surface area contributed by atoms with Crippen LogP contribution in [0.5, 0.6) is 0 Å². The summed E-state index contributed by atoms with van der Waals surface area (Å²) in [6.45, 7) is 2.12. The maximum atomic E-state index is 5.87. The normalized spacial score (nSPS) is 18.8. The Hall–Kier alpha value is -1.06. The topological polar surface area (TPSA) is 50.1 Å². The lowest BCUT2D eigenvalue weighted by Gasteiger charge is -2.26. The van der Waals surface area contributed by atoms with Gasteiger partial charge >= 0.3 is 0 Å². The highest BCUT2D eigenvalue weighted by atomic mass is 15.1. The van der Waals surface area contributed by atoms with E-state index in [0.29, 0.717) is 0 Å². The van der Waals surface area contributed by atoms with Gasteiger partial charge in [-0.25, -0.2) is 0 Å². The Labute approximate surface area is 78.3 Å². The molecule has 0 radical (unpaired) electrons. The van der Waals surface area contributed by atoms with Gasteiger partial charge in [0, 0.05) is 11.3 Å². The molecule has 1 heterocycles. The molecule has 1 aliphatic heterocycles. The largest absolute Gasteiger partial charge is 0.398 e. The minimum Gasteiger partial charge on any atom is -0.398 e. The van der Waals surface area contributed by atoms with Crippen molar-refractivity contribution in [2.45, 2.75) is 12.6 Å². The summed E-state index contributed by atoms with van der Waals surface area (Å²) in [6, 6.07) is 7.98. The second kappa shape index (κ2) is 3.77. The zero-order chi connectivity index (χ0) is 9.10. The van der Waals surface area contributed by atoms with Crippen molar-refractivity contribution in [1.29, 1.82) is 0 Å². The van der Waals surface area contributed by atoms with Crippen LogP contribution >= 0.6 is 0 Å². The second-order valence-electron chi connectivity index (χ2n) is 3.32. The fraction of sp³-hybridized carbons (Fsp3) is 0.400. The molecule has 0 aliphatic carbocycles. The maximum Gasteiger partial charge on any atom is 0.0855 e. The number of nitrogen functional groups attached to an aromatic ring is 1. The van der Waals surface area contributed by atoms with Crippen LogP contribution in [-0.2, 0) is 0 Å². The Morgan fingerprint density at radius 2 is 1.85 bits per heavy atom. The first-order valence-corrected chi connectivity index (χ1v) is 4.69. The third-order valence-corrected chi connectivity index (χ3v) is 2.36. The molecule has 0 atom stereocenters. The van der Waals surface area contributed by atoms with E-state index in [9.17, 15) is 0 Å². The van der Waals surface area contributed by atoms with Crippen LogP contribution in [0.2, 0.25) is 0 Å². The van der Waals surface area contributed by atoms with Crippen molar-refractivity contribution >= 4 is 5.69 Å². The summed E-state index contributed by atoms with van der Waals surface area (Å²) < 4.78 is 0. The van der Waals surface area contributed by atoms with Gasteiger partial charge in [-0.05, 0) is 25.6 Å². The molecule has 1 aliphatic rings. The molecule has 0 amide bonds. The summed E-state index contributed by atoms with van der Waals surface area (Å²) in [4.78, 5) is 0. The van der Waals surface area contributed by atoms with Crippen molar-refractivity contribution in [3.8, 4) is 0 Å². The Balaban J connectivity index is 2.18. The van der Waals surface area contributed by atoms with Gasteiger partial charge in [-0.1, -0.05) is 18.2 Å². The summed E-state index contributed by atoms with van der Waals surface area (Å²) in [5.41, 5.74) is 7.88. The number of nitrogens with two attached hydrogens (primary N) is 1. The molecule has 0 bridgehead atoms. The first kappa shape index (κ1) is 8.53. The molecular formula is C10H15N3. The Kier molecular flexibility index (Phi) is 2.47. The van der Waals surface area contributed by atoms with E-state index in [1.54, 1.807) is 0 Å². The van der Waals surface area contributed by atoms with E-state index in [1.165, 1.54) is 6.42 Å². The fourth-order valence-corrected chi connectivity index (χ4v) is 1.65. The van der Waals surface area contributed by atoms with Gasteiger partial charge in [0.2, 0.25) is 0 Å². The van der Waals surface area contributed by atoms with E-state index in [0.717, 1.165) is 24.3 Å². The molecule has 0 spiro atoms. The molecular weight excluding hydrogens is 162 g/mol. The van der Waals surface area contributed by atoms with Gasteiger partial charge in [0.25, 0.3) is 0 Å². The summed E-state index contributed by atoms with van der Waals surface area (Å²) in [5, 5.41) is 6.77. The van der Waals surface area contributed by atoms with Crippen LogP contribution in [0, 0.1) is 0 Å². The quantitative estimate of drug-likeness (QED) is 0.557. The smallest absolute Gasteiger partial charge is 0.0855 e. The van der Waals surface area contributed by atoms with E-state index in [2.05, 4.69) is 16.7 Å². The Morgan fingerprint density at radius 3 is 2.54 bits per heavy atom. The monoisotopic (exact) mass is 177 g/mol. The Bertz CT molecular complexity index is 279. The van der Waals surface area contributed by atoms with E-state index in [4.69, 9.17) is 5.73 Å². The number of hydrogen-bond acceptors (Lipinski definition) is 3. The Morgan fingerprint density at radius 1 is 1.15 bits per heavy atom. The van der Waals surface area contributed by atoms with Crippen molar-refractivity contribution in [1.82, 2.24) is 10.6 Å². The second-order valence-corrected chi connectivity index (χ2v) is 3.32. The van der Waals surface area contributed by atoms with Crippen molar-refractivity contribution in [2.75, 3.05) is 18.8 Å². The molecule has 1 saturated heterocycles. The lowest BCUT2D eigenvalue weighted by molar-refractivity contribution is 0.381. The van der Waals surface area contributed by atoms with Crippen LogP contribution in [0.3, 0.4) is 0 Å². The van der Waals surface area contributed by atoms with Crippen LogP contribution in [0.25, 0.3) is 0 Å². The van der Waals surface area contributed by atoms with Crippen LogP contribution in [0.15, 0.2) is 24.3 Å². The van der Waals surface area contributed by atoms with Gasteiger partial charge in [0.15, 0.2) is 0 Å². The van der Waals surface area contributed by atoms with Crippen LogP contribution in [0.1, 0.15) is 18.2 Å². The standard InChI is InChI=1S/C10H15N3/c11-9-5-2-1-4-8(9)10-12-6-3-7-13-10/h1-2,4-5,10,12-13H,3,6-7,11H2. The third kappa shape index (κ3) is 1.82. The minimum absolute atomic E-state index is 0.231. The average Bonchev–Trinajstić information content (AvgIpc) is 2.20. The molecule has 3 nitrogen and oxygen atoms in total. The SMILES string of the molecule is Nc1ccccc1C1NCCCN1. The lowest BCUT2D eigenvalue weighted by atomic mass is 10.1. The number of nitrogens with one attached hydrogen (secondary N) is 2. The van der Waals surface area contributed by atoms with Crippen LogP contribution in [-0.4, -0.2) is 13.1 Å². The lowest BCUT2D eigenvalue weighted by Crippen LogP contribution is -2.41. The average molecular weight is 177 g/mol. The molecule has 0 aromatic heterocycles. The molecule has 3 heteroatoms. The van der Waals surface area contributed by atoms with Gasteiger partial charge in [-0.2, -0.15) is 0 Å². The molecule has 0 unspecified atom stereocenters. The van der Waals surface area contributed by atoms with E-state index in [1.807, 2.05) is 18.2 Å². The predicted octanol–water partition coefficient (Wildman–Crippen LogP) is 0.850. The molecule has 1 aromatic carbocycles. The molecule has 1 aromatic rings. The van der Waals surface area contributed by atoms with Crippen LogP contribution in [0.4, 0.5) is 5.69 Å². The van der Waals surface area contributed by atoms with Crippen LogP contribution < -0.4 is 16.4 Å². The summed E-state index contributed by atoms with van der Waals surface area (Å²) in [7, 11) is 0. The fourth-order valence-electron chi connectivity index (χ4n) is 1.65. The predicted molar refractivity (Wildman–Crippen MR) is 54.2 cm³/mol. The number of rotatable bonds is 1.